The molecule has 1 unspecified atom stereocenters. The Bertz CT molecular complexity index is 732. The van der Waals surface area contributed by atoms with Gasteiger partial charge in [-0.15, -0.1) is 0 Å². The van der Waals surface area contributed by atoms with Gasteiger partial charge in [0, 0.05) is 15.7 Å². The largest absolute Gasteiger partial charge is 0.316 e. The molecule has 1 amide bonds. The van der Waals surface area contributed by atoms with Crippen LogP contribution in [-0.4, -0.2) is 5.91 Å². The number of rotatable bonds is 2. The van der Waals surface area contributed by atoms with Gasteiger partial charge in [-0.1, -0.05) is 39.7 Å². The number of aryl methyl sites for hydroxylation is 1. The molecule has 0 fully saturated rings. The van der Waals surface area contributed by atoms with Crippen LogP contribution in [-0.2, 0) is 11.3 Å². The van der Waals surface area contributed by atoms with Crippen molar-refractivity contribution in [3.8, 4) is 0 Å². The van der Waals surface area contributed by atoms with Gasteiger partial charge in [0.2, 0.25) is 5.91 Å². The first-order valence-electron chi connectivity index (χ1n) is 6.59. The van der Waals surface area contributed by atoms with Gasteiger partial charge >= 0.3 is 0 Å². The van der Waals surface area contributed by atoms with Gasteiger partial charge in [-0.25, -0.2) is 4.39 Å². The normalized spacial score (nSPS) is 17.2. The predicted octanol–water partition coefficient (Wildman–Crippen LogP) is 3.44. The zero-order valence-corrected chi connectivity index (χ0v) is 13.0. The first kappa shape index (κ1) is 14.2. The second-order valence-electron chi connectivity index (χ2n) is 5.20. The highest BCUT2D eigenvalue weighted by Gasteiger charge is 2.34. The molecule has 108 valence electrons. The summed E-state index contributed by atoms with van der Waals surface area (Å²) in [5.41, 5.74) is 9.59. The summed E-state index contributed by atoms with van der Waals surface area (Å²) in [5, 5.41) is 0. The number of nitrogens with two attached hydrogens (primary N) is 1. The Balaban J connectivity index is 1.98. The summed E-state index contributed by atoms with van der Waals surface area (Å²) in [4.78, 5) is 14.0. The van der Waals surface area contributed by atoms with E-state index in [1.807, 2.05) is 25.1 Å². The molecule has 5 heteroatoms. The fourth-order valence-electron chi connectivity index (χ4n) is 2.57. The van der Waals surface area contributed by atoms with Crippen molar-refractivity contribution in [1.29, 1.82) is 0 Å². The lowest BCUT2D eigenvalue weighted by Gasteiger charge is -2.18. The maximum Gasteiger partial charge on any atom is 0.248 e. The number of halogens is 2. The van der Waals surface area contributed by atoms with E-state index in [0.717, 1.165) is 22.4 Å². The number of hydrogen-bond acceptors (Lipinski definition) is 2. The van der Waals surface area contributed by atoms with Crippen molar-refractivity contribution >= 4 is 27.5 Å². The maximum atomic E-state index is 13.2. The van der Waals surface area contributed by atoms with Crippen LogP contribution in [0.25, 0.3) is 0 Å². The molecule has 0 saturated carbocycles. The molecule has 1 heterocycles. The summed E-state index contributed by atoms with van der Waals surface area (Å²) in [6.07, 6.45) is 0. The van der Waals surface area contributed by atoms with Crippen LogP contribution in [0.15, 0.2) is 40.9 Å². The Kier molecular flexibility index (Phi) is 3.55. The van der Waals surface area contributed by atoms with Crippen molar-refractivity contribution in [1.82, 2.24) is 0 Å². The van der Waals surface area contributed by atoms with Crippen molar-refractivity contribution in [2.24, 2.45) is 5.73 Å². The minimum Gasteiger partial charge on any atom is -0.316 e. The van der Waals surface area contributed by atoms with Crippen molar-refractivity contribution in [2.45, 2.75) is 19.5 Å². The Morgan fingerprint density at radius 3 is 2.76 bits per heavy atom. The van der Waals surface area contributed by atoms with Gasteiger partial charge in [0.15, 0.2) is 0 Å². The molecular weight excluding hydrogens is 335 g/mol. The fourth-order valence-corrected chi connectivity index (χ4v) is 3.05. The average Bonchev–Trinajstić information content (AvgIpc) is 2.66. The number of anilines is 1. The van der Waals surface area contributed by atoms with Crippen LogP contribution in [0.1, 0.15) is 22.7 Å². The van der Waals surface area contributed by atoms with Gasteiger partial charge in [-0.3, -0.25) is 4.79 Å². The molecule has 0 spiro atoms. The van der Waals surface area contributed by atoms with Gasteiger partial charge in [0.25, 0.3) is 0 Å². The van der Waals surface area contributed by atoms with Gasteiger partial charge < -0.3 is 10.6 Å². The van der Waals surface area contributed by atoms with Crippen LogP contribution >= 0.6 is 15.9 Å². The van der Waals surface area contributed by atoms with Gasteiger partial charge in [0.1, 0.15) is 11.9 Å². The van der Waals surface area contributed by atoms with Crippen LogP contribution in [0.2, 0.25) is 0 Å². The average molecular weight is 349 g/mol. The van der Waals surface area contributed by atoms with Gasteiger partial charge in [-0.05, 0) is 30.7 Å². The molecule has 2 aromatic rings. The quantitative estimate of drug-likeness (QED) is 0.903. The second-order valence-corrected chi connectivity index (χ2v) is 6.05. The third-order valence-corrected chi connectivity index (χ3v) is 4.42. The number of amides is 1. The standard InChI is InChI=1S/C16H14BrFN2O/c1-9-2-5-14-12(6-9)15(19)16(21)20(14)8-10-3-4-11(18)7-13(10)17/h2-7,15H,8,19H2,1H3. The maximum absolute atomic E-state index is 13.2. The van der Waals surface area contributed by atoms with Crippen molar-refractivity contribution in [2.75, 3.05) is 4.90 Å². The highest BCUT2D eigenvalue weighted by molar-refractivity contribution is 9.10. The number of hydrogen-bond donors (Lipinski definition) is 1. The molecule has 0 aliphatic carbocycles. The Hall–Kier alpha value is -1.72. The van der Waals surface area contributed by atoms with E-state index in [9.17, 15) is 9.18 Å². The van der Waals surface area contributed by atoms with E-state index in [-0.39, 0.29) is 11.7 Å². The van der Waals surface area contributed by atoms with E-state index in [4.69, 9.17) is 5.73 Å². The summed E-state index contributed by atoms with van der Waals surface area (Å²) in [5.74, 6) is -0.446. The van der Waals surface area contributed by atoms with Crippen LogP contribution < -0.4 is 10.6 Å². The number of carbonyl (C=O) groups is 1. The van der Waals surface area contributed by atoms with Crippen molar-refractivity contribution in [3.63, 3.8) is 0 Å². The first-order chi connectivity index (χ1) is 9.97. The molecule has 1 aliphatic heterocycles. The van der Waals surface area contributed by atoms with Crippen molar-refractivity contribution in [3.05, 3.63) is 63.4 Å². The van der Waals surface area contributed by atoms with E-state index in [0.29, 0.717) is 11.0 Å². The topological polar surface area (TPSA) is 46.3 Å². The Labute approximate surface area is 130 Å². The molecule has 2 aromatic carbocycles. The molecular formula is C16H14BrFN2O. The smallest absolute Gasteiger partial charge is 0.248 e. The lowest BCUT2D eigenvalue weighted by molar-refractivity contribution is -0.119. The van der Waals surface area contributed by atoms with E-state index < -0.39 is 6.04 Å². The molecule has 3 rings (SSSR count). The third kappa shape index (κ3) is 2.47. The monoisotopic (exact) mass is 348 g/mol. The van der Waals surface area contributed by atoms with E-state index in [1.165, 1.54) is 12.1 Å². The summed E-state index contributed by atoms with van der Waals surface area (Å²) in [7, 11) is 0. The van der Waals surface area contributed by atoms with Crippen LogP contribution in [0.3, 0.4) is 0 Å². The number of benzene rings is 2. The zero-order valence-electron chi connectivity index (χ0n) is 11.4. The molecule has 0 radical (unpaired) electrons. The molecule has 0 saturated heterocycles. The Morgan fingerprint density at radius 2 is 2.05 bits per heavy atom. The summed E-state index contributed by atoms with van der Waals surface area (Å²) >= 11 is 3.33. The third-order valence-electron chi connectivity index (χ3n) is 3.68. The predicted molar refractivity (Wildman–Crippen MR) is 83.4 cm³/mol. The number of nitrogens with zero attached hydrogens (tertiary/aromatic N) is 1. The minimum atomic E-state index is -0.626. The summed E-state index contributed by atoms with van der Waals surface area (Å²) in [6, 6.07) is 9.63. The highest BCUT2D eigenvalue weighted by atomic mass is 79.9. The van der Waals surface area contributed by atoms with Crippen LogP contribution in [0.4, 0.5) is 10.1 Å². The lowest BCUT2D eigenvalue weighted by atomic mass is 10.1. The summed E-state index contributed by atoms with van der Waals surface area (Å²) < 4.78 is 13.8. The summed E-state index contributed by atoms with van der Waals surface area (Å²) in [6.45, 7) is 2.33. The minimum absolute atomic E-state index is 0.133. The highest BCUT2D eigenvalue weighted by Crippen LogP contribution is 2.36. The van der Waals surface area contributed by atoms with Crippen LogP contribution in [0, 0.1) is 12.7 Å². The molecule has 21 heavy (non-hydrogen) atoms. The van der Waals surface area contributed by atoms with Gasteiger partial charge in [-0.2, -0.15) is 0 Å². The van der Waals surface area contributed by atoms with Crippen LogP contribution in [0.5, 0.6) is 0 Å². The van der Waals surface area contributed by atoms with E-state index in [2.05, 4.69) is 15.9 Å². The van der Waals surface area contributed by atoms with E-state index in [1.54, 1.807) is 11.0 Å². The van der Waals surface area contributed by atoms with E-state index >= 15 is 0 Å². The molecule has 1 aliphatic rings. The lowest BCUT2D eigenvalue weighted by Crippen LogP contribution is -2.31. The number of carbonyl (C=O) groups excluding carboxylic acids is 1. The van der Waals surface area contributed by atoms with Gasteiger partial charge in [0.05, 0.1) is 6.54 Å². The number of fused-ring (bicyclic) bond motifs is 1. The Morgan fingerprint density at radius 1 is 1.29 bits per heavy atom. The SMILES string of the molecule is Cc1ccc2c(c1)C(N)C(=O)N2Cc1ccc(F)cc1Br. The first-order valence-corrected chi connectivity index (χ1v) is 7.38. The van der Waals surface area contributed by atoms with Crippen molar-refractivity contribution < 1.29 is 9.18 Å². The fraction of sp³-hybridized carbons (Fsp3) is 0.188. The zero-order chi connectivity index (χ0) is 15.1. The second kappa shape index (κ2) is 5.24. The molecule has 1 atom stereocenters. The molecule has 0 aromatic heterocycles. The molecule has 0 bridgehead atoms. The molecule has 2 N–H and O–H groups in total. The molecule has 3 nitrogen and oxygen atoms in total.